The molecule has 0 aliphatic carbocycles. The first-order chi connectivity index (χ1) is 21.8. The van der Waals surface area contributed by atoms with E-state index in [1.807, 2.05) is 61.0 Å². The van der Waals surface area contributed by atoms with Crippen LogP contribution in [0.4, 0.5) is 0 Å². The molecular formula is C37H32IrN2OS-2. The molecule has 42 heavy (non-hydrogen) atoms. The van der Waals surface area contributed by atoms with Crippen molar-refractivity contribution in [2.75, 3.05) is 0 Å². The average Bonchev–Trinajstić information content (AvgIpc) is 3.66. The zero-order chi connectivity index (χ0) is 32.9. The van der Waals surface area contributed by atoms with Crippen LogP contribution in [0.2, 0.25) is 0 Å². The van der Waals surface area contributed by atoms with Gasteiger partial charge in [-0.1, -0.05) is 67.6 Å². The van der Waals surface area contributed by atoms with Crippen LogP contribution in [-0.2, 0) is 26.5 Å². The van der Waals surface area contributed by atoms with Crippen LogP contribution in [0.25, 0.3) is 54.5 Å². The number of pyridine rings is 2. The Morgan fingerprint density at radius 1 is 0.905 bits per heavy atom. The zero-order valence-electron chi connectivity index (χ0n) is 28.7. The predicted molar refractivity (Wildman–Crippen MR) is 172 cm³/mol. The molecule has 0 fully saturated rings. The van der Waals surface area contributed by atoms with Crippen molar-refractivity contribution in [2.24, 2.45) is 5.41 Å². The number of rotatable bonds is 3. The molecule has 4 heterocycles. The molecule has 0 N–H and O–H groups in total. The first kappa shape index (κ1) is 23.9. The Bertz CT molecular complexity index is 2170. The topological polar surface area (TPSA) is 38.9 Å². The molecule has 213 valence electrons. The van der Waals surface area contributed by atoms with Gasteiger partial charge in [-0.25, -0.2) is 0 Å². The van der Waals surface area contributed by atoms with Crippen molar-refractivity contribution < 1.29 is 31.4 Å². The zero-order valence-corrected chi connectivity index (χ0v) is 26.9. The summed E-state index contributed by atoms with van der Waals surface area (Å²) in [4.78, 5) is 8.75. The summed E-state index contributed by atoms with van der Waals surface area (Å²) in [5.74, 6) is 0. The van der Waals surface area contributed by atoms with Gasteiger partial charge in [-0.3, -0.25) is 0 Å². The van der Waals surface area contributed by atoms with E-state index in [0.29, 0.717) is 16.8 Å². The maximum absolute atomic E-state index is 8.78. The number of hydrogen-bond acceptors (Lipinski definition) is 4. The van der Waals surface area contributed by atoms with E-state index in [1.54, 1.807) is 44.2 Å². The Morgan fingerprint density at radius 3 is 2.48 bits per heavy atom. The summed E-state index contributed by atoms with van der Waals surface area (Å²) < 4.78 is 48.8. The molecule has 5 heteroatoms. The van der Waals surface area contributed by atoms with Gasteiger partial charge in [0.05, 0.1) is 10.3 Å². The van der Waals surface area contributed by atoms with E-state index >= 15 is 0 Å². The van der Waals surface area contributed by atoms with E-state index in [0.717, 1.165) is 37.7 Å². The van der Waals surface area contributed by atoms with Gasteiger partial charge < -0.3 is 14.4 Å². The van der Waals surface area contributed by atoms with Gasteiger partial charge in [-0.05, 0) is 64.9 Å². The average molecular weight is 750 g/mol. The summed E-state index contributed by atoms with van der Waals surface area (Å²) in [6, 6.07) is 29.7. The fourth-order valence-corrected chi connectivity index (χ4v) is 5.58. The van der Waals surface area contributed by atoms with Gasteiger partial charge in [-0.2, -0.15) is 0 Å². The van der Waals surface area contributed by atoms with Gasteiger partial charge in [0.1, 0.15) is 5.58 Å². The van der Waals surface area contributed by atoms with Crippen LogP contribution in [0, 0.1) is 31.3 Å². The van der Waals surface area contributed by atoms with Crippen molar-refractivity contribution >= 4 is 43.4 Å². The molecule has 0 amide bonds. The van der Waals surface area contributed by atoms with Gasteiger partial charge >= 0.3 is 0 Å². The molecule has 0 saturated heterocycles. The van der Waals surface area contributed by atoms with Gasteiger partial charge in [0.25, 0.3) is 0 Å². The Morgan fingerprint density at radius 2 is 1.74 bits per heavy atom. The number of furan rings is 1. The summed E-state index contributed by atoms with van der Waals surface area (Å²) in [5.41, 5.74) is 4.81. The van der Waals surface area contributed by atoms with Crippen molar-refractivity contribution in [3.8, 4) is 22.5 Å². The molecule has 0 aliphatic rings. The van der Waals surface area contributed by atoms with Crippen molar-refractivity contribution in [1.82, 2.24) is 9.97 Å². The molecule has 3 aromatic carbocycles. The van der Waals surface area contributed by atoms with E-state index < -0.39 is 18.6 Å². The molecule has 0 bridgehead atoms. The van der Waals surface area contributed by atoms with Crippen LogP contribution in [0.3, 0.4) is 0 Å². The first-order valence-electron chi connectivity index (χ1n) is 15.9. The second-order valence-electron chi connectivity index (χ2n) is 11.0. The van der Waals surface area contributed by atoms with E-state index in [9.17, 15) is 0 Å². The van der Waals surface area contributed by atoms with Gasteiger partial charge in [0, 0.05) is 44.7 Å². The first-order valence-corrected chi connectivity index (χ1v) is 14.3. The molecule has 0 aliphatic heterocycles. The third-order valence-electron chi connectivity index (χ3n) is 6.59. The summed E-state index contributed by atoms with van der Waals surface area (Å²) >= 11 is 1.62. The minimum absolute atomic E-state index is 0. The van der Waals surface area contributed by atoms with E-state index in [1.165, 1.54) is 11.8 Å². The van der Waals surface area contributed by atoms with Crippen molar-refractivity contribution in [3.05, 3.63) is 119 Å². The number of nitrogens with zero attached hydrogens (tertiary/aromatic N) is 2. The number of aromatic nitrogens is 2. The molecule has 0 saturated carbocycles. The third-order valence-corrected chi connectivity index (χ3v) is 7.51. The minimum atomic E-state index is -2.49. The number of hydrogen-bond donors (Lipinski definition) is 0. The van der Waals surface area contributed by atoms with Crippen LogP contribution in [-0.4, -0.2) is 9.97 Å². The number of aryl methyl sites for hydroxylation is 2. The van der Waals surface area contributed by atoms with Crippen LogP contribution in [0.15, 0.2) is 95.0 Å². The summed E-state index contributed by atoms with van der Waals surface area (Å²) in [6.07, 6.45) is 1.24. The largest absolute Gasteiger partial charge is 0.499 e. The Hall–Kier alpha value is -3.63. The SMILES string of the molecule is Cc1ccc(-c2[c-]cccc2)nc1.[2H]C([2H])([2H])c1cnc(-c2[c-]ccc3c2oc2c3ccc3ccsc32)cc1C([2H])([2H])C(C)(C)C.[Ir]. The van der Waals surface area contributed by atoms with Crippen molar-refractivity contribution in [3.63, 3.8) is 0 Å². The molecule has 0 spiro atoms. The summed E-state index contributed by atoms with van der Waals surface area (Å²) in [5, 5.41) is 5.04. The third kappa shape index (κ3) is 6.24. The second-order valence-corrected chi connectivity index (χ2v) is 11.9. The number of fused-ring (bicyclic) bond motifs is 5. The normalized spacial score (nSPS) is 13.8. The summed E-state index contributed by atoms with van der Waals surface area (Å²) in [6.45, 7) is 4.82. The van der Waals surface area contributed by atoms with Gasteiger partial charge in [0.2, 0.25) is 0 Å². The molecule has 4 aromatic heterocycles. The molecular weight excluding hydrogens is 713 g/mol. The van der Waals surface area contributed by atoms with Gasteiger partial charge in [-0.15, -0.1) is 65.4 Å². The Labute approximate surface area is 272 Å². The Kier molecular flexibility index (Phi) is 7.00. The number of thiophene rings is 1. The fraction of sp³-hybridized carbons (Fsp3) is 0.189. The Balaban J connectivity index is 0.000000260. The molecule has 0 unspecified atom stereocenters. The minimum Gasteiger partial charge on any atom is -0.499 e. The second kappa shape index (κ2) is 12.3. The molecule has 7 rings (SSSR count). The maximum atomic E-state index is 8.78. The van der Waals surface area contributed by atoms with Crippen LogP contribution >= 0.6 is 11.3 Å². The van der Waals surface area contributed by atoms with E-state index in [2.05, 4.69) is 40.3 Å². The van der Waals surface area contributed by atoms with Crippen molar-refractivity contribution in [1.29, 1.82) is 0 Å². The summed E-state index contributed by atoms with van der Waals surface area (Å²) in [7, 11) is 0. The van der Waals surface area contributed by atoms with Crippen LogP contribution in [0.5, 0.6) is 0 Å². The molecule has 7 aromatic rings. The maximum Gasteiger partial charge on any atom is 0.138 e. The van der Waals surface area contributed by atoms with Gasteiger partial charge in [0.15, 0.2) is 0 Å². The molecule has 3 nitrogen and oxygen atoms in total. The van der Waals surface area contributed by atoms with E-state index in [4.69, 9.17) is 11.3 Å². The molecule has 0 atom stereocenters. The van der Waals surface area contributed by atoms with Crippen LogP contribution < -0.4 is 0 Å². The van der Waals surface area contributed by atoms with Crippen molar-refractivity contribution in [2.45, 2.75) is 40.9 Å². The fourth-order valence-electron chi connectivity index (χ4n) is 4.69. The number of benzene rings is 3. The quantitative estimate of drug-likeness (QED) is 0.169. The standard InChI is InChI=1S/C25H22NOS.C12H10N.Ir/c1-15-14-26-21(12-17(15)13-25(2,3)4)20-7-5-6-18-19-9-8-16-10-11-28-24(16)23(19)27-22(18)20;1-10-7-8-12(13-9-10)11-5-3-2-4-6-11;/h5-6,8-12,14H,13H2,1-4H3;2-5,7-9H,1H3;/q2*-1;/i1D3,13D2;;. The van der Waals surface area contributed by atoms with E-state index in [-0.39, 0.29) is 31.2 Å². The monoisotopic (exact) mass is 750 g/mol. The smallest absolute Gasteiger partial charge is 0.138 e. The predicted octanol–water partition coefficient (Wildman–Crippen LogP) is 10.4. The molecule has 1 radical (unpaired) electrons. The van der Waals surface area contributed by atoms with Crippen LogP contribution in [0.1, 0.15) is 44.3 Å².